The number of halogens is 1. The topological polar surface area (TPSA) is 77.9 Å². The van der Waals surface area contributed by atoms with E-state index in [0.29, 0.717) is 11.5 Å². The van der Waals surface area contributed by atoms with Gasteiger partial charge in [-0.3, -0.25) is 0 Å². The first-order valence-corrected chi connectivity index (χ1v) is 5.83. The van der Waals surface area contributed by atoms with Crippen LogP contribution in [0.1, 0.15) is 10.4 Å². The van der Waals surface area contributed by atoms with Gasteiger partial charge in [-0.1, -0.05) is 0 Å². The number of carboxylic acids is 1. The molecule has 21 heavy (non-hydrogen) atoms. The number of methoxy groups -OCH3 is 2. The number of hydrogen-bond acceptors (Lipinski definition) is 5. The van der Waals surface area contributed by atoms with Crippen LogP contribution in [-0.2, 0) is 0 Å². The number of benzene rings is 1. The minimum atomic E-state index is -1.34. The molecule has 0 spiro atoms. The fourth-order valence-electron chi connectivity index (χ4n) is 1.61. The number of aromatic carboxylic acids is 1. The SMILES string of the molecule is COc1cc(OC)cc(Oc2ncc(F)cc2C(=O)O)c1. The van der Waals surface area contributed by atoms with Gasteiger partial charge in [-0.05, 0) is 6.07 Å². The predicted molar refractivity (Wildman–Crippen MR) is 70.8 cm³/mol. The van der Waals surface area contributed by atoms with Crippen molar-refractivity contribution in [1.82, 2.24) is 4.98 Å². The molecule has 0 aliphatic heterocycles. The van der Waals surface area contributed by atoms with Crippen LogP contribution in [0.5, 0.6) is 23.1 Å². The van der Waals surface area contributed by atoms with Crippen LogP contribution in [0.4, 0.5) is 4.39 Å². The summed E-state index contributed by atoms with van der Waals surface area (Å²) in [4.78, 5) is 14.7. The Morgan fingerprint density at radius 2 is 1.67 bits per heavy atom. The van der Waals surface area contributed by atoms with E-state index in [-0.39, 0.29) is 17.2 Å². The van der Waals surface area contributed by atoms with Gasteiger partial charge in [0.2, 0.25) is 5.88 Å². The quantitative estimate of drug-likeness (QED) is 0.913. The average Bonchev–Trinajstić information content (AvgIpc) is 2.48. The van der Waals surface area contributed by atoms with Gasteiger partial charge in [0.25, 0.3) is 0 Å². The standard InChI is InChI=1S/C14H12FNO5/c1-19-9-4-10(20-2)6-11(5-9)21-13-12(14(17)18)3-8(15)7-16-13/h3-7H,1-2H3,(H,17,18). The molecule has 1 heterocycles. The molecule has 0 radical (unpaired) electrons. The van der Waals surface area contributed by atoms with Gasteiger partial charge >= 0.3 is 5.97 Å². The van der Waals surface area contributed by atoms with Gasteiger partial charge in [0.15, 0.2) is 0 Å². The molecule has 7 heteroatoms. The Labute approximate surface area is 119 Å². The van der Waals surface area contributed by atoms with Gasteiger partial charge in [-0.2, -0.15) is 0 Å². The van der Waals surface area contributed by atoms with Gasteiger partial charge in [0.05, 0.1) is 20.4 Å². The molecule has 0 bridgehead atoms. The van der Waals surface area contributed by atoms with Crippen molar-refractivity contribution in [1.29, 1.82) is 0 Å². The lowest BCUT2D eigenvalue weighted by molar-refractivity contribution is 0.0692. The first kappa shape index (κ1) is 14.6. The summed E-state index contributed by atoms with van der Waals surface area (Å²) in [5.41, 5.74) is -0.378. The zero-order chi connectivity index (χ0) is 15.4. The fourth-order valence-corrected chi connectivity index (χ4v) is 1.61. The predicted octanol–water partition coefficient (Wildman–Crippen LogP) is 2.73. The van der Waals surface area contributed by atoms with Crippen molar-refractivity contribution >= 4 is 5.97 Å². The molecule has 6 nitrogen and oxygen atoms in total. The molecule has 0 aliphatic carbocycles. The van der Waals surface area contributed by atoms with Crippen LogP contribution in [0.15, 0.2) is 30.5 Å². The third-order valence-electron chi connectivity index (χ3n) is 2.59. The lowest BCUT2D eigenvalue weighted by atomic mass is 10.2. The van der Waals surface area contributed by atoms with E-state index in [1.165, 1.54) is 26.4 Å². The summed E-state index contributed by atoms with van der Waals surface area (Å²) in [6.07, 6.45) is 0.874. The fraction of sp³-hybridized carbons (Fsp3) is 0.143. The van der Waals surface area contributed by atoms with E-state index in [2.05, 4.69) is 4.98 Å². The number of carboxylic acid groups (broad SMARTS) is 1. The minimum absolute atomic E-state index is 0.223. The Balaban J connectivity index is 2.40. The van der Waals surface area contributed by atoms with Crippen molar-refractivity contribution < 1.29 is 28.5 Å². The monoisotopic (exact) mass is 293 g/mol. The van der Waals surface area contributed by atoms with Crippen molar-refractivity contribution in [3.63, 3.8) is 0 Å². The van der Waals surface area contributed by atoms with Crippen molar-refractivity contribution in [2.45, 2.75) is 0 Å². The molecule has 2 aromatic rings. The molecule has 2 rings (SSSR count). The number of aromatic nitrogens is 1. The second-order valence-corrected chi connectivity index (χ2v) is 3.96. The number of rotatable bonds is 5. The molecular formula is C14H12FNO5. The van der Waals surface area contributed by atoms with Crippen LogP contribution in [0, 0.1) is 5.82 Å². The third-order valence-corrected chi connectivity index (χ3v) is 2.59. The molecule has 0 saturated carbocycles. The van der Waals surface area contributed by atoms with Crippen molar-refractivity contribution in [3.05, 3.63) is 41.8 Å². The van der Waals surface area contributed by atoms with Crippen LogP contribution >= 0.6 is 0 Å². The molecular weight excluding hydrogens is 281 g/mol. The molecule has 0 aliphatic rings. The molecule has 0 atom stereocenters. The molecule has 0 saturated heterocycles. The first-order chi connectivity index (χ1) is 10.0. The van der Waals surface area contributed by atoms with Gasteiger partial charge < -0.3 is 19.3 Å². The molecule has 1 aromatic heterocycles. The average molecular weight is 293 g/mol. The van der Waals surface area contributed by atoms with Gasteiger partial charge in [0, 0.05) is 18.2 Å². The number of hydrogen-bond donors (Lipinski definition) is 1. The lowest BCUT2D eigenvalue weighted by Gasteiger charge is -2.10. The van der Waals surface area contributed by atoms with E-state index < -0.39 is 11.8 Å². The van der Waals surface area contributed by atoms with E-state index in [1.807, 2.05) is 0 Å². The summed E-state index contributed by atoms with van der Waals surface area (Å²) in [7, 11) is 2.94. The number of pyridine rings is 1. The van der Waals surface area contributed by atoms with Crippen LogP contribution in [-0.4, -0.2) is 30.3 Å². The highest BCUT2D eigenvalue weighted by Crippen LogP contribution is 2.31. The van der Waals surface area contributed by atoms with E-state index in [0.717, 1.165) is 12.3 Å². The maximum Gasteiger partial charge on any atom is 0.341 e. The summed E-state index contributed by atoms with van der Waals surface area (Å²) >= 11 is 0. The van der Waals surface area contributed by atoms with Gasteiger partial charge in [-0.25, -0.2) is 14.2 Å². The second-order valence-electron chi connectivity index (χ2n) is 3.96. The second kappa shape index (κ2) is 6.08. The lowest BCUT2D eigenvalue weighted by Crippen LogP contribution is -2.03. The van der Waals surface area contributed by atoms with Crippen molar-refractivity contribution in [2.75, 3.05) is 14.2 Å². The summed E-state index contributed by atoms with van der Waals surface area (Å²) in [6, 6.07) is 5.52. The first-order valence-electron chi connectivity index (χ1n) is 5.83. The molecule has 0 amide bonds. The maximum absolute atomic E-state index is 13.1. The Morgan fingerprint density at radius 1 is 1.10 bits per heavy atom. The molecule has 1 N–H and O–H groups in total. The summed E-state index contributed by atoms with van der Waals surface area (Å²) in [6.45, 7) is 0. The third kappa shape index (κ3) is 3.38. The smallest absolute Gasteiger partial charge is 0.341 e. The largest absolute Gasteiger partial charge is 0.496 e. The van der Waals surface area contributed by atoms with Crippen LogP contribution < -0.4 is 14.2 Å². The highest BCUT2D eigenvalue weighted by atomic mass is 19.1. The minimum Gasteiger partial charge on any atom is -0.496 e. The Morgan fingerprint density at radius 3 is 2.19 bits per heavy atom. The Bertz CT molecular complexity index is 652. The van der Waals surface area contributed by atoms with Crippen molar-refractivity contribution in [3.8, 4) is 23.1 Å². The summed E-state index contributed by atoms with van der Waals surface area (Å²) in [5.74, 6) is -1.14. The molecule has 0 fully saturated rings. The van der Waals surface area contributed by atoms with Crippen LogP contribution in [0.25, 0.3) is 0 Å². The molecule has 0 unspecified atom stereocenters. The number of carbonyl (C=O) groups is 1. The number of ether oxygens (including phenoxy) is 3. The summed E-state index contributed by atoms with van der Waals surface area (Å²) in [5, 5.41) is 9.03. The van der Waals surface area contributed by atoms with E-state index >= 15 is 0 Å². The molecule has 1 aromatic carbocycles. The zero-order valence-electron chi connectivity index (χ0n) is 11.3. The molecule has 110 valence electrons. The van der Waals surface area contributed by atoms with Crippen LogP contribution in [0.3, 0.4) is 0 Å². The maximum atomic E-state index is 13.1. The highest BCUT2D eigenvalue weighted by molar-refractivity contribution is 5.90. The van der Waals surface area contributed by atoms with E-state index in [4.69, 9.17) is 19.3 Å². The highest BCUT2D eigenvalue weighted by Gasteiger charge is 2.16. The van der Waals surface area contributed by atoms with Gasteiger partial charge in [-0.15, -0.1) is 0 Å². The normalized spacial score (nSPS) is 10.0. The zero-order valence-corrected chi connectivity index (χ0v) is 11.3. The number of nitrogens with zero attached hydrogens (tertiary/aromatic N) is 1. The summed E-state index contributed by atoms with van der Waals surface area (Å²) < 4.78 is 28.6. The van der Waals surface area contributed by atoms with Crippen molar-refractivity contribution in [2.24, 2.45) is 0 Å². The Kier molecular flexibility index (Phi) is 4.22. The Hall–Kier alpha value is -2.83. The van der Waals surface area contributed by atoms with E-state index in [1.54, 1.807) is 6.07 Å². The van der Waals surface area contributed by atoms with Crippen LogP contribution in [0.2, 0.25) is 0 Å². The van der Waals surface area contributed by atoms with E-state index in [9.17, 15) is 9.18 Å². The van der Waals surface area contributed by atoms with Gasteiger partial charge in [0.1, 0.15) is 28.6 Å².